The van der Waals surface area contributed by atoms with Crippen LogP contribution in [0.2, 0.25) is 0 Å². The Morgan fingerprint density at radius 2 is 1.81 bits per heavy atom. The van der Waals surface area contributed by atoms with Gasteiger partial charge in [0.05, 0.1) is 18.5 Å². The van der Waals surface area contributed by atoms with Gasteiger partial charge >= 0.3 is 0 Å². The van der Waals surface area contributed by atoms with E-state index in [0.717, 1.165) is 18.5 Å². The molecule has 1 aliphatic carbocycles. The summed E-state index contributed by atoms with van der Waals surface area (Å²) in [5, 5.41) is 7.14. The molecule has 0 N–H and O–H groups in total. The van der Waals surface area contributed by atoms with Crippen molar-refractivity contribution in [2.45, 2.75) is 62.1 Å². The molecule has 10 heteroatoms. The highest BCUT2D eigenvalue weighted by Crippen LogP contribution is 2.68. The van der Waals surface area contributed by atoms with E-state index in [-0.39, 0.29) is 24.2 Å². The third-order valence-electron chi connectivity index (χ3n) is 9.26. The van der Waals surface area contributed by atoms with Gasteiger partial charge in [0.2, 0.25) is 10.0 Å². The topological polar surface area (TPSA) is 68.1 Å². The van der Waals surface area contributed by atoms with Crippen LogP contribution in [0.15, 0.2) is 55.1 Å². The van der Waals surface area contributed by atoms with Gasteiger partial charge in [-0.25, -0.2) is 17.2 Å². The largest absolute Gasteiger partial charge is 0.316 e. The Kier molecular flexibility index (Phi) is 4.79. The summed E-state index contributed by atoms with van der Waals surface area (Å²) in [6.45, 7) is 2.45. The average molecular weight is 513 g/mol. The standard InChI is InChI=1S/C26H28F2N5O2S/c1-16-7-8-25(17-5-3-2-4-6-17)36(34,35)32(16)12-18-9-21(28)23(10-20(18)27)33-13-19-22(11-24(33)26(19)33)31-14-29-30-15-31/h2-6,9-10,14-16,19,22,24-26H,7-8,11-13H2,1H3/q+1. The number of nitrogens with zero attached hydrogens (tertiary/aromatic N) is 5. The summed E-state index contributed by atoms with van der Waals surface area (Å²) in [6.07, 6.45) is 5.55. The highest BCUT2D eigenvalue weighted by Gasteiger charge is 2.85. The monoisotopic (exact) mass is 512 g/mol. The van der Waals surface area contributed by atoms with Gasteiger partial charge in [-0.2, -0.15) is 4.31 Å². The zero-order chi connectivity index (χ0) is 24.8. The Morgan fingerprint density at radius 3 is 2.47 bits per heavy atom. The van der Waals surface area contributed by atoms with Gasteiger partial charge in [-0.1, -0.05) is 30.3 Å². The minimum absolute atomic E-state index is 0.0880. The van der Waals surface area contributed by atoms with Gasteiger partial charge in [0.1, 0.15) is 29.8 Å². The third kappa shape index (κ3) is 2.98. The molecule has 7 unspecified atom stereocenters. The minimum Gasteiger partial charge on any atom is -0.316 e. The van der Waals surface area contributed by atoms with Crippen LogP contribution >= 0.6 is 0 Å². The van der Waals surface area contributed by atoms with Crippen molar-refractivity contribution in [3.8, 4) is 0 Å². The van der Waals surface area contributed by atoms with Crippen molar-refractivity contribution in [1.82, 2.24) is 23.6 Å². The van der Waals surface area contributed by atoms with Crippen molar-refractivity contribution in [1.29, 1.82) is 0 Å². The Balaban J connectivity index is 1.14. The predicted octanol–water partition coefficient (Wildman–Crippen LogP) is 3.94. The summed E-state index contributed by atoms with van der Waals surface area (Å²) < 4.78 is 61.8. The van der Waals surface area contributed by atoms with Crippen LogP contribution in [0.3, 0.4) is 0 Å². The van der Waals surface area contributed by atoms with E-state index >= 15 is 8.78 Å². The van der Waals surface area contributed by atoms with E-state index in [1.54, 1.807) is 12.7 Å². The molecule has 0 amide bonds. The zero-order valence-electron chi connectivity index (χ0n) is 19.9. The predicted molar refractivity (Wildman–Crippen MR) is 130 cm³/mol. The van der Waals surface area contributed by atoms with Crippen molar-refractivity contribution in [3.05, 3.63) is 77.9 Å². The molecule has 4 heterocycles. The number of halogens is 2. The van der Waals surface area contributed by atoms with Crippen molar-refractivity contribution < 1.29 is 17.2 Å². The van der Waals surface area contributed by atoms with Crippen molar-refractivity contribution >= 4 is 15.7 Å². The van der Waals surface area contributed by atoms with Gasteiger partial charge in [0.15, 0.2) is 17.5 Å². The van der Waals surface area contributed by atoms with E-state index in [0.29, 0.717) is 41.0 Å². The maximum Gasteiger partial charge on any atom is 0.221 e. The first-order valence-electron chi connectivity index (χ1n) is 12.6. The van der Waals surface area contributed by atoms with E-state index in [1.807, 2.05) is 41.8 Å². The Morgan fingerprint density at radius 1 is 1.06 bits per heavy atom. The fourth-order valence-electron chi connectivity index (χ4n) is 7.48. The number of piperidine rings is 2. The second kappa shape index (κ2) is 7.66. The van der Waals surface area contributed by atoms with Crippen LogP contribution in [0.25, 0.3) is 0 Å². The molecular weight excluding hydrogens is 484 g/mol. The van der Waals surface area contributed by atoms with Gasteiger partial charge in [-0.15, -0.1) is 10.2 Å². The van der Waals surface area contributed by atoms with E-state index in [2.05, 4.69) is 10.2 Å². The summed E-state index contributed by atoms with van der Waals surface area (Å²) in [4.78, 5) is 0. The lowest BCUT2D eigenvalue weighted by Gasteiger charge is -2.41. The van der Waals surface area contributed by atoms with Gasteiger partial charge in [-0.3, -0.25) is 4.48 Å². The molecule has 2 aromatic carbocycles. The smallest absolute Gasteiger partial charge is 0.221 e. The molecule has 4 fully saturated rings. The molecule has 3 aromatic rings. The first-order chi connectivity index (χ1) is 17.3. The van der Waals surface area contributed by atoms with Crippen LogP contribution in [0.1, 0.15) is 48.6 Å². The summed E-state index contributed by atoms with van der Waals surface area (Å²) in [7, 11) is -3.73. The zero-order valence-corrected chi connectivity index (χ0v) is 20.7. The molecule has 4 aliphatic rings. The molecule has 0 bridgehead atoms. The first-order valence-corrected chi connectivity index (χ1v) is 14.1. The molecule has 188 valence electrons. The molecule has 36 heavy (non-hydrogen) atoms. The molecule has 0 radical (unpaired) electrons. The lowest BCUT2D eigenvalue weighted by Crippen LogP contribution is -2.54. The van der Waals surface area contributed by atoms with E-state index in [9.17, 15) is 8.42 Å². The quantitative estimate of drug-likeness (QED) is 0.384. The lowest BCUT2D eigenvalue weighted by molar-refractivity contribution is 0.147. The summed E-state index contributed by atoms with van der Waals surface area (Å²) in [5.41, 5.74) is 1.23. The fourth-order valence-corrected chi connectivity index (χ4v) is 9.67. The Hall–Kier alpha value is -2.69. The van der Waals surface area contributed by atoms with Crippen LogP contribution in [0, 0.1) is 17.6 Å². The van der Waals surface area contributed by atoms with E-state index in [1.165, 1.54) is 16.4 Å². The lowest BCUT2D eigenvalue weighted by atomic mass is 9.91. The highest BCUT2D eigenvalue weighted by molar-refractivity contribution is 7.89. The SMILES string of the molecule is CC1CCC(c2ccccc2)S(=O)(=O)N1Cc1cc(F)c([N+]23CC4C(n5cnnc5)CC2C43)cc1F. The Labute approximate surface area is 209 Å². The Bertz CT molecular complexity index is 1430. The summed E-state index contributed by atoms with van der Waals surface area (Å²) >= 11 is 0. The molecule has 7 atom stereocenters. The molecule has 0 spiro atoms. The number of aromatic nitrogens is 3. The number of hydrogen-bond acceptors (Lipinski definition) is 4. The number of fused-ring (bicyclic) bond motifs is 1. The second-order valence-corrected chi connectivity index (χ2v) is 12.9. The average Bonchev–Trinajstić information content (AvgIpc) is 3.24. The molecule has 3 saturated heterocycles. The van der Waals surface area contributed by atoms with Gasteiger partial charge in [-0.05, 0) is 31.4 Å². The molecule has 1 aromatic heterocycles. The number of quaternary nitrogens is 1. The highest BCUT2D eigenvalue weighted by atomic mass is 32.2. The van der Waals surface area contributed by atoms with Gasteiger partial charge in [0, 0.05) is 30.6 Å². The number of rotatable bonds is 5. The van der Waals surface area contributed by atoms with Crippen molar-refractivity contribution in [2.75, 3.05) is 6.54 Å². The summed E-state index contributed by atoms with van der Waals surface area (Å²) in [5.74, 6) is -0.559. The van der Waals surface area contributed by atoms with E-state index in [4.69, 9.17) is 0 Å². The minimum atomic E-state index is -3.73. The first kappa shape index (κ1) is 22.5. The van der Waals surface area contributed by atoms with Crippen LogP contribution in [0.5, 0.6) is 0 Å². The van der Waals surface area contributed by atoms with Gasteiger partial charge in [0.25, 0.3) is 0 Å². The normalized spacial score (nSPS) is 36.3. The maximum absolute atomic E-state index is 15.5. The summed E-state index contributed by atoms with van der Waals surface area (Å²) in [6, 6.07) is 12.3. The molecule has 3 aliphatic heterocycles. The van der Waals surface area contributed by atoms with Crippen LogP contribution < -0.4 is 4.48 Å². The second-order valence-electron chi connectivity index (χ2n) is 10.9. The molecular formula is C26H28F2N5O2S+. The third-order valence-corrected chi connectivity index (χ3v) is 11.6. The van der Waals surface area contributed by atoms with Crippen LogP contribution in [-0.2, 0) is 16.6 Å². The number of hydrogen-bond donors (Lipinski definition) is 0. The van der Waals surface area contributed by atoms with Crippen molar-refractivity contribution in [2.24, 2.45) is 5.92 Å². The molecule has 7 nitrogen and oxygen atoms in total. The van der Waals surface area contributed by atoms with E-state index < -0.39 is 26.9 Å². The number of sulfonamides is 1. The maximum atomic E-state index is 15.5. The number of benzene rings is 2. The molecule has 1 saturated carbocycles. The fraction of sp³-hybridized carbons (Fsp3) is 0.462. The van der Waals surface area contributed by atoms with Crippen LogP contribution in [-0.4, -0.2) is 52.2 Å². The van der Waals surface area contributed by atoms with Crippen LogP contribution in [0.4, 0.5) is 14.5 Å². The van der Waals surface area contributed by atoms with Gasteiger partial charge < -0.3 is 4.57 Å². The molecule has 7 rings (SSSR count). The van der Waals surface area contributed by atoms with Crippen molar-refractivity contribution in [3.63, 3.8) is 0 Å².